The monoisotopic (exact) mass is 240 g/mol. The molecule has 0 saturated carbocycles. The average Bonchev–Trinajstić information content (AvgIpc) is 2.84. The molecule has 0 bridgehead atoms. The molecule has 1 aliphatic rings. The summed E-state index contributed by atoms with van der Waals surface area (Å²) in [6.07, 6.45) is 0. The van der Waals surface area contributed by atoms with Gasteiger partial charge in [-0.3, -0.25) is 9.69 Å². The third-order valence-corrected chi connectivity index (χ3v) is 3.17. The van der Waals surface area contributed by atoms with Crippen molar-refractivity contribution in [2.75, 3.05) is 39.3 Å². The van der Waals surface area contributed by atoms with Crippen LogP contribution in [-0.4, -0.2) is 55.1 Å². The molecule has 0 atom stereocenters. The number of rotatable bonds is 4. The quantitative estimate of drug-likeness (QED) is 0.764. The number of hydrogen-bond acceptors (Lipinski definition) is 5. The minimum Gasteiger partial charge on any atom is -0.349 e. The molecule has 88 valence electrons. The van der Waals surface area contributed by atoms with Gasteiger partial charge in [-0.15, -0.1) is 11.3 Å². The molecule has 0 aliphatic carbocycles. The molecule has 1 aliphatic heterocycles. The first-order chi connectivity index (χ1) is 7.86. The van der Waals surface area contributed by atoms with Crippen molar-refractivity contribution >= 4 is 17.2 Å². The number of carbonyl (C=O) groups is 1. The Balaban J connectivity index is 1.66. The fourth-order valence-corrected chi connectivity index (χ4v) is 2.21. The van der Waals surface area contributed by atoms with Gasteiger partial charge in [-0.05, 0) is 0 Å². The SMILES string of the molecule is O=C(NCCN1CCNCC1)c1cscn1. The van der Waals surface area contributed by atoms with Crippen molar-refractivity contribution in [3.63, 3.8) is 0 Å². The van der Waals surface area contributed by atoms with Gasteiger partial charge in [0.2, 0.25) is 0 Å². The smallest absolute Gasteiger partial charge is 0.270 e. The molecule has 1 saturated heterocycles. The van der Waals surface area contributed by atoms with Crippen LogP contribution in [-0.2, 0) is 0 Å². The van der Waals surface area contributed by atoms with Crippen LogP contribution < -0.4 is 10.6 Å². The van der Waals surface area contributed by atoms with E-state index in [1.54, 1.807) is 10.9 Å². The molecule has 0 unspecified atom stereocenters. The summed E-state index contributed by atoms with van der Waals surface area (Å²) >= 11 is 1.44. The Morgan fingerprint density at radius 3 is 3.06 bits per heavy atom. The fraction of sp³-hybridized carbons (Fsp3) is 0.600. The lowest BCUT2D eigenvalue weighted by Gasteiger charge is -2.26. The summed E-state index contributed by atoms with van der Waals surface area (Å²) < 4.78 is 0. The van der Waals surface area contributed by atoms with Gasteiger partial charge in [-0.1, -0.05) is 0 Å². The Kier molecular flexibility index (Phi) is 4.26. The van der Waals surface area contributed by atoms with E-state index in [0.29, 0.717) is 12.2 Å². The number of thiazole rings is 1. The number of carbonyl (C=O) groups excluding carboxylic acids is 1. The molecule has 6 heteroatoms. The first-order valence-electron chi connectivity index (χ1n) is 5.46. The van der Waals surface area contributed by atoms with Crippen LogP contribution >= 0.6 is 11.3 Å². The number of nitrogens with zero attached hydrogens (tertiary/aromatic N) is 2. The summed E-state index contributed by atoms with van der Waals surface area (Å²) in [5.74, 6) is -0.0728. The van der Waals surface area contributed by atoms with E-state index in [1.807, 2.05) is 0 Å². The zero-order valence-corrected chi connectivity index (χ0v) is 9.92. The topological polar surface area (TPSA) is 57.3 Å². The van der Waals surface area contributed by atoms with Gasteiger partial charge in [-0.25, -0.2) is 4.98 Å². The maximum atomic E-state index is 11.5. The van der Waals surface area contributed by atoms with E-state index in [-0.39, 0.29) is 5.91 Å². The summed E-state index contributed by atoms with van der Waals surface area (Å²) in [5, 5.41) is 7.94. The molecule has 0 radical (unpaired) electrons. The predicted octanol–water partition coefficient (Wildman–Crippen LogP) is -0.222. The Morgan fingerprint density at radius 2 is 2.38 bits per heavy atom. The van der Waals surface area contributed by atoms with Crippen LogP contribution in [0.3, 0.4) is 0 Å². The van der Waals surface area contributed by atoms with Gasteiger partial charge in [0.15, 0.2) is 0 Å². The number of amides is 1. The molecule has 1 fully saturated rings. The van der Waals surface area contributed by atoms with Crippen molar-refractivity contribution in [1.82, 2.24) is 20.5 Å². The van der Waals surface area contributed by atoms with Crippen LogP contribution in [0.25, 0.3) is 0 Å². The molecular weight excluding hydrogens is 224 g/mol. The van der Waals surface area contributed by atoms with E-state index in [1.165, 1.54) is 11.3 Å². The fourth-order valence-electron chi connectivity index (χ4n) is 1.68. The second kappa shape index (κ2) is 5.93. The number of hydrogen-bond donors (Lipinski definition) is 2. The van der Waals surface area contributed by atoms with Crippen LogP contribution in [0.5, 0.6) is 0 Å². The highest BCUT2D eigenvalue weighted by Crippen LogP contribution is 2.00. The summed E-state index contributed by atoms with van der Waals surface area (Å²) in [6.45, 7) is 5.81. The zero-order valence-electron chi connectivity index (χ0n) is 9.11. The lowest BCUT2D eigenvalue weighted by atomic mass is 10.3. The van der Waals surface area contributed by atoms with Crippen LogP contribution in [0.2, 0.25) is 0 Å². The van der Waals surface area contributed by atoms with Gasteiger partial charge in [-0.2, -0.15) is 0 Å². The van der Waals surface area contributed by atoms with Crippen LogP contribution in [0, 0.1) is 0 Å². The standard InChI is InChI=1S/C10H16N4OS/c15-10(9-7-16-8-13-9)12-3-6-14-4-1-11-2-5-14/h7-8,11H,1-6H2,(H,12,15). The minimum absolute atomic E-state index is 0.0728. The summed E-state index contributed by atoms with van der Waals surface area (Å²) in [7, 11) is 0. The van der Waals surface area contributed by atoms with E-state index in [9.17, 15) is 4.79 Å². The van der Waals surface area contributed by atoms with Crippen molar-refractivity contribution in [2.45, 2.75) is 0 Å². The van der Waals surface area contributed by atoms with E-state index in [4.69, 9.17) is 0 Å². The molecule has 2 heterocycles. The summed E-state index contributed by atoms with van der Waals surface area (Å²) in [4.78, 5) is 17.9. The van der Waals surface area contributed by atoms with Crippen molar-refractivity contribution in [3.05, 3.63) is 16.6 Å². The molecule has 1 aromatic rings. The van der Waals surface area contributed by atoms with Crippen molar-refractivity contribution in [2.24, 2.45) is 0 Å². The largest absolute Gasteiger partial charge is 0.349 e. The predicted molar refractivity (Wildman–Crippen MR) is 63.8 cm³/mol. The molecule has 0 aromatic carbocycles. The first kappa shape index (κ1) is 11.5. The Hall–Kier alpha value is -0.980. The lowest BCUT2D eigenvalue weighted by Crippen LogP contribution is -2.46. The van der Waals surface area contributed by atoms with Gasteiger partial charge < -0.3 is 10.6 Å². The Labute approximate surface area is 98.9 Å². The summed E-state index contributed by atoms with van der Waals surface area (Å²) in [6, 6.07) is 0. The van der Waals surface area contributed by atoms with Crippen molar-refractivity contribution in [3.8, 4) is 0 Å². The van der Waals surface area contributed by atoms with E-state index >= 15 is 0 Å². The van der Waals surface area contributed by atoms with Crippen molar-refractivity contribution < 1.29 is 4.79 Å². The third-order valence-electron chi connectivity index (χ3n) is 2.59. The first-order valence-corrected chi connectivity index (χ1v) is 6.40. The second-order valence-electron chi connectivity index (χ2n) is 3.72. The second-order valence-corrected chi connectivity index (χ2v) is 4.44. The lowest BCUT2D eigenvalue weighted by molar-refractivity contribution is 0.0943. The van der Waals surface area contributed by atoms with Crippen LogP contribution in [0.4, 0.5) is 0 Å². The third kappa shape index (κ3) is 3.26. The van der Waals surface area contributed by atoms with Crippen LogP contribution in [0.15, 0.2) is 10.9 Å². The average molecular weight is 240 g/mol. The molecule has 1 aromatic heterocycles. The number of piperazine rings is 1. The highest BCUT2D eigenvalue weighted by molar-refractivity contribution is 7.07. The molecular formula is C10H16N4OS. The maximum Gasteiger partial charge on any atom is 0.270 e. The van der Waals surface area contributed by atoms with E-state index < -0.39 is 0 Å². The van der Waals surface area contributed by atoms with Crippen LogP contribution in [0.1, 0.15) is 10.5 Å². The highest BCUT2D eigenvalue weighted by atomic mass is 32.1. The van der Waals surface area contributed by atoms with E-state index in [0.717, 1.165) is 32.7 Å². The van der Waals surface area contributed by atoms with Gasteiger partial charge in [0.1, 0.15) is 5.69 Å². The van der Waals surface area contributed by atoms with Crippen molar-refractivity contribution in [1.29, 1.82) is 0 Å². The zero-order chi connectivity index (χ0) is 11.2. The van der Waals surface area contributed by atoms with Gasteiger partial charge in [0, 0.05) is 44.6 Å². The van der Waals surface area contributed by atoms with E-state index in [2.05, 4.69) is 20.5 Å². The van der Waals surface area contributed by atoms with Gasteiger partial charge in [0.25, 0.3) is 5.91 Å². The Bertz CT molecular complexity index is 322. The molecule has 2 N–H and O–H groups in total. The molecule has 2 rings (SSSR count). The molecule has 0 spiro atoms. The highest BCUT2D eigenvalue weighted by Gasteiger charge is 2.10. The van der Waals surface area contributed by atoms with Gasteiger partial charge in [0.05, 0.1) is 5.51 Å². The molecule has 16 heavy (non-hydrogen) atoms. The summed E-state index contributed by atoms with van der Waals surface area (Å²) in [5.41, 5.74) is 2.19. The normalized spacial score (nSPS) is 17.2. The molecule has 5 nitrogen and oxygen atoms in total. The number of aromatic nitrogens is 1. The van der Waals surface area contributed by atoms with Gasteiger partial charge >= 0.3 is 0 Å². The number of nitrogens with one attached hydrogen (secondary N) is 2. The molecule has 1 amide bonds. The maximum absolute atomic E-state index is 11.5. The minimum atomic E-state index is -0.0728. The Morgan fingerprint density at radius 1 is 1.56 bits per heavy atom.